The fourth-order valence-electron chi connectivity index (χ4n) is 2.63. The van der Waals surface area contributed by atoms with Crippen LogP contribution in [0.4, 0.5) is 0 Å². The Morgan fingerprint density at radius 1 is 1.00 bits per heavy atom. The van der Waals surface area contributed by atoms with Gasteiger partial charge in [0, 0.05) is 17.9 Å². The van der Waals surface area contributed by atoms with E-state index >= 15 is 0 Å². The number of aryl methyl sites for hydroxylation is 2. The Balaban J connectivity index is 1.91. The first-order chi connectivity index (χ1) is 10.3. The van der Waals surface area contributed by atoms with Crippen LogP contribution in [0.3, 0.4) is 0 Å². The fraction of sp³-hybridized carbons (Fsp3) is 0.421. The van der Waals surface area contributed by atoms with Gasteiger partial charge in [-0.1, -0.05) is 44.2 Å². The minimum atomic E-state index is 0.518. The molecule has 21 heavy (non-hydrogen) atoms. The topological polar surface area (TPSA) is 24.9 Å². The summed E-state index contributed by atoms with van der Waals surface area (Å²) in [6, 6.07) is 15.7. The third-order valence-corrected chi connectivity index (χ3v) is 3.88. The van der Waals surface area contributed by atoms with Gasteiger partial charge in [-0.3, -0.25) is 4.98 Å². The number of benzene rings is 1. The van der Waals surface area contributed by atoms with Crippen LogP contribution in [0.5, 0.6) is 0 Å². The number of hydrogen-bond donors (Lipinski definition) is 1. The Labute approximate surface area is 128 Å². The third-order valence-electron chi connectivity index (χ3n) is 3.88. The molecule has 0 fully saturated rings. The van der Waals surface area contributed by atoms with Gasteiger partial charge < -0.3 is 5.32 Å². The van der Waals surface area contributed by atoms with Crippen molar-refractivity contribution in [1.29, 1.82) is 0 Å². The molecule has 0 saturated heterocycles. The lowest BCUT2D eigenvalue weighted by Crippen LogP contribution is -2.31. The predicted molar refractivity (Wildman–Crippen MR) is 89.5 cm³/mol. The molecule has 0 aliphatic rings. The Bertz CT molecular complexity index is 505. The van der Waals surface area contributed by atoms with Gasteiger partial charge in [0.25, 0.3) is 0 Å². The van der Waals surface area contributed by atoms with Gasteiger partial charge in [-0.15, -0.1) is 0 Å². The minimum Gasteiger partial charge on any atom is -0.314 e. The summed E-state index contributed by atoms with van der Waals surface area (Å²) in [6.45, 7) is 5.39. The predicted octanol–water partition coefficient (Wildman–Crippen LogP) is 3.80. The molecule has 0 radical (unpaired) electrons. The molecule has 1 N–H and O–H groups in total. The zero-order chi connectivity index (χ0) is 14.9. The largest absolute Gasteiger partial charge is 0.314 e. The van der Waals surface area contributed by atoms with Gasteiger partial charge in [0.15, 0.2) is 0 Å². The van der Waals surface area contributed by atoms with E-state index in [4.69, 9.17) is 0 Å². The van der Waals surface area contributed by atoms with E-state index in [2.05, 4.69) is 60.5 Å². The van der Waals surface area contributed by atoms with Crippen LogP contribution in [0, 0.1) is 0 Å². The van der Waals surface area contributed by atoms with Crippen molar-refractivity contribution >= 4 is 0 Å². The molecule has 1 unspecified atom stereocenters. The fourth-order valence-corrected chi connectivity index (χ4v) is 2.63. The van der Waals surface area contributed by atoms with E-state index in [0.29, 0.717) is 6.04 Å². The zero-order valence-corrected chi connectivity index (χ0v) is 13.2. The maximum Gasteiger partial charge on any atom is 0.0404 e. The summed E-state index contributed by atoms with van der Waals surface area (Å²) in [7, 11) is 0. The molecular formula is C19H26N2. The average molecular weight is 282 g/mol. The van der Waals surface area contributed by atoms with Crippen LogP contribution >= 0.6 is 0 Å². The molecule has 1 atom stereocenters. The van der Waals surface area contributed by atoms with Gasteiger partial charge in [-0.05, 0) is 55.5 Å². The number of hydrogen-bond acceptors (Lipinski definition) is 2. The van der Waals surface area contributed by atoms with Gasteiger partial charge in [0.1, 0.15) is 0 Å². The van der Waals surface area contributed by atoms with Crippen LogP contribution in [-0.4, -0.2) is 17.6 Å². The lowest BCUT2D eigenvalue weighted by atomic mass is 9.99. The smallest absolute Gasteiger partial charge is 0.0404 e. The Hall–Kier alpha value is -1.67. The molecule has 2 aromatic rings. The highest BCUT2D eigenvalue weighted by atomic mass is 14.9. The van der Waals surface area contributed by atoms with E-state index in [1.807, 2.05) is 12.3 Å². The van der Waals surface area contributed by atoms with E-state index in [1.165, 1.54) is 16.8 Å². The van der Waals surface area contributed by atoms with E-state index in [9.17, 15) is 0 Å². The maximum absolute atomic E-state index is 4.41. The summed E-state index contributed by atoms with van der Waals surface area (Å²) in [5.41, 5.74) is 4.01. The third kappa shape index (κ3) is 5.31. The number of nitrogens with one attached hydrogen (secondary N) is 1. The lowest BCUT2D eigenvalue weighted by molar-refractivity contribution is 0.489. The average Bonchev–Trinajstić information content (AvgIpc) is 2.54. The molecule has 1 heterocycles. The van der Waals surface area contributed by atoms with Crippen molar-refractivity contribution in [3.63, 3.8) is 0 Å². The molecule has 1 aromatic heterocycles. The molecule has 2 heteroatoms. The van der Waals surface area contributed by atoms with Crippen LogP contribution in [0.15, 0.2) is 48.7 Å². The number of pyridine rings is 1. The van der Waals surface area contributed by atoms with Crippen molar-refractivity contribution in [2.75, 3.05) is 6.54 Å². The van der Waals surface area contributed by atoms with Crippen molar-refractivity contribution in [2.45, 2.75) is 45.6 Å². The summed E-state index contributed by atoms with van der Waals surface area (Å²) in [6.07, 6.45) is 6.23. The van der Waals surface area contributed by atoms with Crippen LogP contribution in [0.2, 0.25) is 0 Å². The van der Waals surface area contributed by atoms with Crippen LogP contribution in [-0.2, 0) is 19.3 Å². The Kier molecular flexibility index (Phi) is 6.42. The second-order valence-electron chi connectivity index (χ2n) is 5.49. The first kappa shape index (κ1) is 15.7. The summed E-state index contributed by atoms with van der Waals surface area (Å²) >= 11 is 0. The van der Waals surface area contributed by atoms with Gasteiger partial charge in [0.2, 0.25) is 0 Å². The quantitative estimate of drug-likeness (QED) is 0.796. The van der Waals surface area contributed by atoms with E-state index in [-0.39, 0.29) is 0 Å². The summed E-state index contributed by atoms with van der Waals surface area (Å²) in [5.74, 6) is 0. The highest BCUT2D eigenvalue weighted by Crippen LogP contribution is 2.11. The first-order valence-electron chi connectivity index (χ1n) is 8.03. The second kappa shape index (κ2) is 8.58. The number of likely N-dealkylation sites (N-methyl/N-ethyl adjacent to an activating group) is 1. The Morgan fingerprint density at radius 2 is 1.76 bits per heavy atom. The molecular weight excluding hydrogens is 256 g/mol. The number of rotatable bonds is 8. The van der Waals surface area contributed by atoms with E-state index < -0.39 is 0 Å². The van der Waals surface area contributed by atoms with E-state index in [1.54, 1.807) is 0 Å². The molecule has 0 bridgehead atoms. The number of nitrogens with zero attached hydrogens (tertiary/aromatic N) is 1. The molecule has 0 spiro atoms. The second-order valence-corrected chi connectivity index (χ2v) is 5.49. The van der Waals surface area contributed by atoms with Crippen molar-refractivity contribution in [3.8, 4) is 0 Å². The van der Waals surface area contributed by atoms with Gasteiger partial charge in [0.05, 0.1) is 0 Å². The molecule has 112 valence electrons. The zero-order valence-electron chi connectivity index (χ0n) is 13.2. The van der Waals surface area contributed by atoms with Gasteiger partial charge >= 0.3 is 0 Å². The molecule has 2 nitrogen and oxygen atoms in total. The minimum absolute atomic E-state index is 0.518. The highest BCUT2D eigenvalue weighted by molar-refractivity contribution is 5.23. The SMILES string of the molecule is CCNC(CCc1ccccn1)Cc1ccc(CC)cc1. The number of aromatic nitrogens is 1. The molecule has 1 aromatic carbocycles. The maximum atomic E-state index is 4.41. The highest BCUT2D eigenvalue weighted by Gasteiger charge is 2.09. The lowest BCUT2D eigenvalue weighted by Gasteiger charge is -2.18. The van der Waals surface area contributed by atoms with Gasteiger partial charge in [-0.25, -0.2) is 0 Å². The molecule has 0 aliphatic heterocycles. The summed E-state index contributed by atoms with van der Waals surface area (Å²) < 4.78 is 0. The van der Waals surface area contributed by atoms with Crippen LogP contribution in [0.1, 0.15) is 37.1 Å². The molecule has 0 saturated carbocycles. The normalized spacial score (nSPS) is 12.3. The summed E-state index contributed by atoms with van der Waals surface area (Å²) in [4.78, 5) is 4.41. The standard InChI is InChI=1S/C19H26N2/c1-3-16-8-10-17(11-9-16)15-19(20-4-2)13-12-18-7-5-6-14-21-18/h5-11,14,19-20H,3-4,12-13,15H2,1-2H3. The van der Waals surface area contributed by atoms with Crippen molar-refractivity contribution in [3.05, 3.63) is 65.5 Å². The molecule has 0 amide bonds. The molecule has 0 aliphatic carbocycles. The Morgan fingerprint density at radius 3 is 2.38 bits per heavy atom. The van der Waals surface area contributed by atoms with Crippen molar-refractivity contribution in [2.24, 2.45) is 0 Å². The van der Waals surface area contributed by atoms with Crippen LogP contribution in [0.25, 0.3) is 0 Å². The van der Waals surface area contributed by atoms with E-state index in [0.717, 1.165) is 32.2 Å². The first-order valence-corrected chi connectivity index (χ1v) is 8.03. The van der Waals surface area contributed by atoms with Crippen molar-refractivity contribution < 1.29 is 0 Å². The van der Waals surface area contributed by atoms with Gasteiger partial charge in [-0.2, -0.15) is 0 Å². The van der Waals surface area contributed by atoms with Crippen molar-refractivity contribution in [1.82, 2.24) is 10.3 Å². The summed E-state index contributed by atoms with van der Waals surface area (Å²) in [5, 5.41) is 3.60. The van der Waals surface area contributed by atoms with Crippen LogP contribution < -0.4 is 5.32 Å². The monoisotopic (exact) mass is 282 g/mol. The molecule has 2 rings (SSSR count).